The van der Waals surface area contributed by atoms with Crippen LogP contribution in [0.2, 0.25) is 0 Å². The summed E-state index contributed by atoms with van der Waals surface area (Å²) >= 11 is 1.55. The van der Waals surface area contributed by atoms with Gasteiger partial charge in [-0.05, 0) is 32.4 Å². The van der Waals surface area contributed by atoms with Crippen LogP contribution in [0, 0.1) is 24.2 Å². The highest BCUT2D eigenvalue weighted by atomic mass is 32.1. The molecular formula is C26H39NO6S. The van der Waals surface area contributed by atoms with Crippen LogP contribution in [0.5, 0.6) is 0 Å². The molecule has 1 aromatic heterocycles. The van der Waals surface area contributed by atoms with Crippen LogP contribution in [-0.2, 0) is 19.1 Å². The molecule has 190 valence electrons. The number of esters is 1. The van der Waals surface area contributed by atoms with Gasteiger partial charge in [0.25, 0.3) is 0 Å². The summed E-state index contributed by atoms with van der Waals surface area (Å²) in [6.45, 7) is 13.1. The molecule has 0 saturated carbocycles. The van der Waals surface area contributed by atoms with E-state index in [1.165, 1.54) is 0 Å². The third-order valence-electron chi connectivity index (χ3n) is 6.52. The van der Waals surface area contributed by atoms with Crippen molar-refractivity contribution in [3.63, 3.8) is 0 Å². The SMILES string of the molecule is C/C1=C/CC(/C(C)=C/c2csc(C)n2)OC(=O)C[C@H](O)C(C)(C)C(=O)[C@H](C)[C@@H](O)[C@H](C)COC1. The maximum absolute atomic E-state index is 13.1. The Morgan fingerprint density at radius 3 is 2.53 bits per heavy atom. The van der Waals surface area contributed by atoms with Crippen LogP contribution < -0.4 is 0 Å². The number of Topliss-reactive ketones (excluding diaryl/α,β-unsaturated/α-hetero) is 1. The number of ether oxygens (including phenoxy) is 2. The van der Waals surface area contributed by atoms with Crippen molar-refractivity contribution in [3.8, 4) is 0 Å². The lowest BCUT2D eigenvalue weighted by atomic mass is 9.73. The molecule has 0 radical (unpaired) electrons. The highest BCUT2D eigenvalue weighted by Crippen LogP contribution is 2.31. The van der Waals surface area contributed by atoms with Crippen molar-refractivity contribution in [2.75, 3.05) is 13.2 Å². The number of carbonyl (C=O) groups is 2. The number of cyclic esters (lactones) is 1. The fourth-order valence-electron chi connectivity index (χ4n) is 3.99. The van der Waals surface area contributed by atoms with Gasteiger partial charge in [-0.3, -0.25) is 9.59 Å². The first kappa shape index (κ1) is 28.4. The molecule has 1 unspecified atom stereocenters. The summed E-state index contributed by atoms with van der Waals surface area (Å²) in [5, 5.41) is 24.4. The average Bonchev–Trinajstić information content (AvgIpc) is 3.18. The Kier molecular flexibility index (Phi) is 10.2. The van der Waals surface area contributed by atoms with E-state index in [-0.39, 0.29) is 18.1 Å². The van der Waals surface area contributed by atoms with Crippen molar-refractivity contribution in [1.29, 1.82) is 0 Å². The van der Waals surface area contributed by atoms with Gasteiger partial charge < -0.3 is 19.7 Å². The Balaban J connectivity index is 2.33. The van der Waals surface area contributed by atoms with Gasteiger partial charge in [0.05, 0.1) is 48.0 Å². The summed E-state index contributed by atoms with van der Waals surface area (Å²) in [6.07, 6.45) is 1.29. The third-order valence-corrected chi connectivity index (χ3v) is 7.31. The maximum Gasteiger partial charge on any atom is 0.309 e. The van der Waals surface area contributed by atoms with E-state index in [2.05, 4.69) is 4.98 Å². The number of rotatable bonds is 2. The Morgan fingerprint density at radius 1 is 1.24 bits per heavy atom. The van der Waals surface area contributed by atoms with E-state index in [1.807, 2.05) is 45.2 Å². The Bertz CT molecular complexity index is 918. The predicted molar refractivity (Wildman–Crippen MR) is 133 cm³/mol. The first-order chi connectivity index (χ1) is 15.8. The topological polar surface area (TPSA) is 106 Å². The third kappa shape index (κ3) is 7.57. The van der Waals surface area contributed by atoms with Crippen LogP contribution in [0.4, 0.5) is 0 Å². The Labute approximate surface area is 206 Å². The Hall–Kier alpha value is -1.87. The first-order valence-electron chi connectivity index (χ1n) is 11.8. The average molecular weight is 494 g/mol. The minimum absolute atomic E-state index is 0.267. The molecule has 5 atom stereocenters. The molecule has 1 aliphatic heterocycles. The van der Waals surface area contributed by atoms with Gasteiger partial charge in [0.2, 0.25) is 0 Å². The molecule has 0 aliphatic carbocycles. The number of aryl methyl sites for hydroxylation is 1. The molecule has 2 N–H and O–H groups in total. The van der Waals surface area contributed by atoms with E-state index in [0.29, 0.717) is 19.6 Å². The Morgan fingerprint density at radius 2 is 1.91 bits per heavy atom. The number of thiazole rings is 1. The van der Waals surface area contributed by atoms with Crippen molar-refractivity contribution in [2.45, 2.75) is 79.6 Å². The minimum atomic E-state index is -1.25. The van der Waals surface area contributed by atoms with Crippen molar-refractivity contribution in [2.24, 2.45) is 17.3 Å². The molecule has 0 amide bonds. The highest BCUT2D eigenvalue weighted by molar-refractivity contribution is 7.09. The molecule has 7 nitrogen and oxygen atoms in total. The molecular weight excluding hydrogens is 454 g/mol. The molecule has 0 bridgehead atoms. The summed E-state index contributed by atoms with van der Waals surface area (Å²) in [7, 11) is 0. The summed E-state index contributed by atoms with van der Waals surface area (Å²) in [6, 6.07) is 0. The number of ketones is 1. The normalized spacial score (nSPS) is 32.1. The number of hydrogen-bond acceptors (Lipinski definition) is 8. The lowest BCUT2D eigenvalue weighted by Gasteiger charge is -2.34. The second-order valence-electron chi connectivity index (χ2n) is 10.0. The lowest BCUT2D eigenvalue weighted by Crippen LogP contribution is -2.46. The first-order valence-corrected chi connectivity index (χ1v) is 12.6. The van der Waals surface area contributed by atoms with Gasteiger partial charge in [0.15, 0.2) is 0 Å². The number of nitrogens with zero attached hydrogens (tertiary/aromatic N) is 1. The molecule has 1 aromatic rings. The van der Waals surface area contributed by atoms with Gasteiger partial charge in [-0.2, -0.15) is 0 Å². The maximum atomic E-state index is 13.1. The van der Waals surface area contributed by atoms with Gasteiger partial charge in [-0.25, -0.2) is 4.98 Å². The highest BCUT2D eigenvalue weighted by Gasteiger charge is 2.42. The van der Waals surface area contributed by atoms with E-state index in [9.17, 15) is 19.8 Å². The fourth-order valence-corrected chi connectivity index (χ4v) is 4.56. The van der Waals surface area contributed by atoms with Gasteiger partial charge in [-0.1, -0.05) is 39.3 Å². The number of hydrogen-bond donors (Lipinski definition) is 2. The van der Waals surface area contributed by atoms with Crippen LogP contribution >= 0.6 is 11.3 Å². The van der Waals surface area contributed by atoms with E-state index < -0.39 is 35.6 Å². The second-order valence-corrected chi connectivity index (χ2v) is 11.1. The summed E-state index contributed by atoms with van der Waals surface area (Å²) in [5.41, 5.74) is 1.38. The molecule has 0 saturated heterocycles. The standard InChI is InChI=1S/C26H39NO6S/c1-15-8-9-21(16(2)10-20-14-34-19(5)27-20)33-23(29)11-22(28)26(6,7)25(31)18(4)24(30)17(3)13-32-12-15/h8,10,14,17-18,21-22,24,28,30H,9,11-13H2,1-7H3/b15-8-,16-10+/t17-,18-,21?,22+,24+/m1/s1. The minimum Gasteiger partial charge on any atom is -0.457 e. The van der Waals surface area contributed by atoms with Gasteiger partial charge >= 0.3 is 5.97 Å². The molecule has 0 aromatic carbocycles. The van der Waals surface area contributed by atoms with Gasteiger partial charge in [0, 0.05) is 23.6 Å². The van der Waals surface area contributed by atoms with Gasteiger partial charge in [-0.15, -0.1) is 11.3 Å². The smallest absolute Gasteiger partial charge is 0.309 e. The number of aliphatic hydroxyl groups is 2. The molecule has 2 rings (SSSR count). The van der Waals surface area contributed by atoms with E-state index in [4.69, 9.17) is 9.47 Å². The molecule has 1 aliphatic rings. The van der Waals surface area contributed by atoms with Crippen LogP contribution in [0.3, 0.4) is 0 Å². The molecule has 0 spiro atoms. The van der Waals surface area contributed by atoms with Crippen molar-refractivity contribution >= 4 is 29.2 Å². The van der Waals surface area contributed by atoms with Crippen LogP contribution in [0.1, 0.15) is 65.1 Å². The molecule has 8 heteroatoms. The summed E-state index contributed by atoms with van der Waals surface area (Å²) in [5.74, 6) is -1.88. The molecule has 34 heavy (non-hydrogen) atoms. The van der Waals surface area contributed by atoms with Crippen molar-refractivity contribution in [1.82, 2.24) is 4.98 Å². The predicted octanol–water partition coefficient (Wildman–Crippen LogP) is 4.11. The van der Waals surface area contributed by atoms with Crippen molar-refractivity contribution in [3.05, 3.63) is 33.3 Å². The number of aliphatic hydroxyl groups excluding tert-OH is 2. The van der Waals surface area contributed by atoms with E-state index in [1.54, 1.807) is 32.1 Å². The largest absolute Gasteiger partial charge is 0.457 e. The quantitative estimate of drug-likeness (QED) is 0.472. The van der Waals surface area contributed by atoms with Crippen LogP contribution in [-0.4, -0.2) is 58.5 Å². The fraction of sp³-hybridized carbons (Fsp3) is 0.654. The van der Waals surface area contributed by atoms with Gasteiger partial charge in [0.1, 0.15) is 11.9 Å². The van der Waals surface area contributed by atoms with Crippen LogP contribution in [0.25, 0.3) is 6.08 Å². The number of carbonyl (C=O) groups excluding carboxylic acids is 2. The summed E-state index contributed by atoms with van der Waals surface area (Å²) in [4.78, 5) is 30.4. The zero-order valence-corrected chi connectivity index (χ0v) is 22.1. The molecule has 2 heterocycles. The monoisotopic (exact) mass is 493 g/mol. The summed E-state index contributed by atoms with van der Waals surface area (Å²) < 4.78 is 11.5. The van der Waals surface area contributed by atoms with E-state index in [0.717, 1.165) is 21.8 Å². The zero-order chi connectivity index (χ0) is 25.6. The van der Waals surface area contributed by atoms with Crippen LogP contribution in [0.15, 0.2) is 22.6 Å². The number of aromatic nitrogens is 1. The molecule has 0 fully saturated rings. The van der Waals surface area contributed by atoms with E-state index >= 15 is 0 Å². The van der Waals surface area contributed by atoms with Crippen molar-refractivity contribution < 1.29 is 29.3 Å². The zero-order valence-electron chi connectivity index (χ0n) is 21.3. The lowest BCUT2D eigenvalue weighted by molar-refractivity contribution is -0.154. The second kappa shape index (κ2) is 12.2.